The fourth-order valence-electron chi connectivity index (χ4n) is 4.53. The molecule has 2 fully saturated rings. The maximum absolute atomic E-state index is 12.1. The standard InChI is InChI=1S/C24H38O11/c1-11(5-6-13-12(2)14(25)7-8-24(13,3)4)34-23-21(31)19(29)18(28)16(35-23)10-33-22-20(30)17(27)15(26)9-32-22/h5-6,11,15-23,26-31H,7-10H2,1-4H3/b6-5-/t11-,15-,16-,17+,18-,19+,20-,21-,22+,23-/m1/s1. The average molecular weight is 503 g/mol. The lowest BCUT2D eigenvalue weighted by atomic mass is 9.72. The van der Waals surface area contributed by atoms with Crippen LogP contribution in [0.2, 0.25) is 0 Å². The van der Waals surface area contributed by atoms with Gasteiger partial charge in [0.25, 0.3) is 0 Å². The number of hydrogen-bond donors (Lipinski definition) is 6. The Labute approximate surface area is 204 Å². The van der Waals surface area contributed by atoms with Gasteiger partial charge in [0.05, 0.1) is 19.3 Å². The Morgan fingerprint density at radius 1 is 1.03 bits per heavy atom. The lowest BCUT2D eigenvalue weighted by molar-refractivity contribution is -0.324. The molecule has 3 rings (SSSR count). The first-order chi connectivity index (χ1) is 16.3. The largest absolute Gasteiger partial charge is 0.388 e. The van der Waals surface area contributed by atoms with Crippen LogP contribution in [0.15, 0.2) is 23.3 Å². The minimum atomic E-state index is -1.59. The third-order valence-electron chi connectivity index (χ3n) is 6.96. The highest BCUT2D eigenvalue weighted by atomic mass is 16.7. The number of ketones is 1. The van der Waals surface area contributed by atoms with E-state index in [2.05, 4.69) is 13.8 Å². The van der Waals surface area contributed by atoms with Crippen LogP contribution >= 0.6 is 0 Å². The highest BCUT2D eigenvalue weighted by Crippen LogP contribution is 2.39. The monoisotopic (exact) mass is 502 g/mol. The van der Waals surface area contributed by atoms with E-state index < -0.39 is 61.4 Å². The second-order valence-electron chi connectivity index (χ2n) is 10.1. The van der Waals surface area contributed by atoms with E-state index in [4.69, 9.17) is 18.9 Å². The summed E-state index contributed by atoms with van der Waals surface area (Å²) in [4.78, 5) is 12.1. The van der Waals surface area contributed by atoms with Crippen LogP contribution in [-0.4, -0.2) is 111 Å². The van der Waals surface area contributed by atoms with Gasteiger partial charge < -0.3 is 49.6 Å². The predicted octanol–water partition coefficient (Wildman–Crippen LogP) is -1.08. The van der Waals surface area contributed by atoms with E-state index in [0.717, 1.165) is 12.0 Å². The minimum absolute atomic E-state index is 0.109. The van der Waals surface area contributed by atoms with Gasteiger partial charge in [-0.05, 0) is 36.8 Å². The Balaban J connectivity index is 1.62. The summed E-state index contributed by atoms with van der Waals surface area (Å²) in [6.07, 6.45) is -8.41. The van der Waals surface area contributed by atoms with Crippen molar-refractivity contribution in [2.24, 2.45) is 5.41 Å². The molecule has 1 aliphatic carbocycles. The van der Waals surface area contributed by atoms with E-state index >= 15 is 0 Å². The van der Waals surface area contributed by atoms with Gasteiger partial charge in [-0.25, -0.2) is 0 Å². The summed E-state index contributed by atoms with van der Waals surface area (Å²) in [5.74, 6) is 0.109. The molecule has 2 saturated heterocycles. The zero-order chi connectivity index (χ0) is 26.1. The Morgan fingerprint density at radius 3 is 2.37 bits per heavy atom. The number of ether oxygens (including phenoxy) is 4. The molecular weight excluding hydrogens is 464 g/mol. The van der Waals surface area contributed by atoms with Crippen molar-refractivity contribution in [1.29, 1.82) is 0 Å². The van der Waals surface area contributed by atoms with Crippen molar-refractivity contribution in [3.05, 3.63) is 23.3 Å². The number of aliphatic hydroxyl groups is 6. The first-order valence-electron chi connectivity index (χ1n) is 11.9. The van der Waals surface area contributed by atoms with Crippen LogP contribution < -0.4 is 0 Å². The summed E-state index contributed by atoms with van der Waals surface area (Å²) in [6.45, 7) is 7.03. The quantitative estimate of drug-likeness (QED) is 0.250. The Bertz CT molecular complexity index is 809. The SMILES string of the molecule is CC1=C(/C=C\[C@@H](C)O[C@@H]2O[C@H](CO[C@@H]3OC[C@@H](O)[C@H](O)[C@H]3O)[C@@H](O)[C@H](O)[C@H]2O)C(C)(C)CCC1=O. The molecule has 200 valence electrons. The van der Waals surface area contributed by atoms with E-state index in [1.807, 2.05) is 6.08 Å². The molecule has 3 aliphatic rings. The van der Waals surface area contributed by atoms with Crippen LogP contribution in [0.3, 0.4) is 0 Å². The highest BCUT2D eigenvalue weighted by molar-refractivity contribution is 5.97. The predicted molar refractivity (Wildman–Crippen MR) is 121 cm³/mol. The molecule has 2 heterocycles. The van der Waals surface area contributed by atoms with Gasteiger partial charge in [-0.1, -0.05) is 26.0 Å². The van der Waals surface area contributed by atoms with Gasteiger partial charge in [0.15, 0.2) is 18.4 Å². The lowest BCUT2D eigenvalue weighted by Gasteiger charge is -2.42. The zero-order valence-electron chi connectivity index (χ0n) is 20.5. The Morgan fingerprint density at radius 2 is 1.69 bits per heavy atom. The maximum atomic E-state index is 12.1. The summed E-state index contributed by atoms with van der Waals surface area (Å²) >= 11 is 0. The molecule has 0 spiro atoms. The molecule has 0 unspecified atom stereocenters. The molecule has 0 saturated carbocycles. The minimum Gasteiger partial charge on any atom is -0.388 e. The molecule has 35 heavy (non-hydrogen) atoms. The van der Waals surface area contributed by atoms with Gasteiger partial charge >= 0.3 is 0 Å². The highest BCUT2D eigenvalue weighted by Gasteiger charge is 2.46. The van der Waals surface area contributed by atoms with E-state index in [9.17, 15) is 35.4 Å². The van der Waals surface area contributed by atoms with Crippen LogP contribution in [0.1, 0.15) is 40.5 Å². The van der Waals surface area contributed by atoms with Gasteiger partial charge in [0.1, 0.15) is 42.7 Å². The van der Waals surface area contributed by atoms with Crippen LogP contribution in [0.25, 0.3) is 0 Å². The van der Waals surface area contributed by atoms with Crippen molar-refractivity contribution >= 4 is 5.78 Å². The zero-order valence-corrected chi connectivity index (χ0v) is 20.5. The van der Waals surface area contributed by atoms with E-state index in [1.165, 1.54) is 0 Å². The van der Waals surface area contributed by atoms with Crippen molar-refractivity contribution in [2.45, 2.75) is 102 Å². The fraction of sp³-hybridized carbons (Fsp3) is 0.792. The molecule has 0 aromatic rings. The molecule has 0 amide bonds. The van der Waals surface area contributed by atoms with Crippen LogP contribution in [0.5, 0.6) is 0 Å². The molecule has 11 nitrogen and oxygen atoms in total. The van der Waals surface area contributed by atoms with Gasteiger partial charge in [0.2, 0.25) is 0 Å². The van der Waals surface area contributed by atoms with Gasteiger partial charge in [0, 0.05) is 6.42 Å². The Kier molecular flexibility index (Phi) is 9.25. The number of hydrogen-bond acceptors (Lipinski definition) is 11. The lowest BCUT2D eigenvalue weighted by Crippen LogP contribution is -2.60. The second kappa shape index (κ2) is 11.4. The maximum Gasteiger partial charge on any atom is 0.187 e. The number of aliphatic hydroxyl groups excluding tert-OH is 6. The number of carbonyl (C=O) groups excluding carboxylic acids is 1. The molecule has 0 bridgehead atoms. The number of Topliss-reactive ketones (excluding diaryl/α,β-unsaturated/α-hetero) is 1. The topological polar surface area (TPSA) is 175 Å². The molecule has 0 radical (unpaired) electrons. The van der Waals surface area contributed by atoms with Crippen LogP contribution in [-0.2, 0) is 23.7 Å². The molecule has 2 aliphatic heterocycles. The van der Waals surface area contributed by atoms with E-state index in [1.54, 1.807) is 19.9 Å². The molecule has 10 atom stereocenters. The third-order valence-corrected chi connectivity index (χ3v) is 6.96. The van der Waals surface area contributed by atoms with Crippen molar-refractivity contribution in [2.75, 3.05) is 13.2 Å². The first kappa shape index (κ1) is 28.3. The smallest absolute Gasteiger partial charge is 0.187 e. The molecule has 0 aromatic carbocycles. The molecular formula is C24H38O11. The fourth-order valence-corrected chi connectivity index (χ4v) is 4.53. The summed E-state index contributed by atoms with van der Waals surface area (Å²) in [7, 11) is 0. The number of allylic oxidation sites excluding steroid dienone is 3. The Hall–Kier alpha value is -1.25. The van der Waals surface area contributed by atoms with Crippen molar-refractivity contribution in [3.63, 3.8) is 0 Å². The average Bonchev–Trinajstić information content (AvgIpc) is 2.80. The number of rotatable bonds is 7. The summed E-state index contributed by atoms with van der Waals surface area (Å²) < 4.78 is 22.0. The van der Waals surface area contributed by atoms with Crippen molar-refractivity contribution < 1.29 is 54.4 Å². The van der Waals surface area contributed by atoms with E-state index in [-0.39, 0.29) is 24.4 Å². The van der Waals surface area contributed by atoms with E-state index in [0.29, 0.717) is 12.0 Å². The molecule has 11 heteroatoms. The summed E-state index contributed by atoms with van der Waals surface area (Å²) in [5.41, 5.74) is 1.45. The van der Waals surface area contributed by atoms with Crippen LogP contribution in [0.4, 0.5) is 0 Å². The second-order valence-corrected chi connectivity index (χ2v) is 10.1. The molecule has 6 N–H and O–H groups in total. The summed E-state index contributed by atoms with van der Waals surface area (Å²) in [6, 6.07) is 0. The number of carbonyl (C=O) groups is 1. The molecule has 0 aromatic heterocycles. The van der Waals surface area contributed by atoms with Crippen molar-refractivity contribution in [1.82, 2.24) is 0 Å². The third kappa shape index (κ3) is 6.37. The first-order valence-corrected chi connectivity index (χ1v) is 11.9. The van der Waals surface area contributed by atoms with Gasteiger partial charge in [-0.2, -0.15) is 0 Å². The summed E-state index contributed by atoms with van der Waals surface area (Å²) in [5, 5.41) is 60.3. The van der Waals surface area contributed by atoms with Gasteiger partial charge in [-0.15, -0.1) is 0 Å². The van der Waals surface area contributed by atoms with Gasteiger partial charge in [-0.3, -0.25) is 4.79 Å². The van der Waals surface area contributed by atoms with Crippen LogP contribution in [0, 0.1) is 5.41 Å². The normalized spacial score (nSPS) is 41.4. The van der Waals surface area contributed by atoms with Crippen molar-refractivity contribution in [3.8, 4) is 0 Å².